The third-order valence-electron chi connectivity index (χ3n) is 2.37. The van der Waals surface area contributed by atoms with Crippen LogP contribution in [0.2, 0.25) is 0 Å². The second-order valence-electron chi connectivity index (χ2n) is 4.06. The van der Waals surface area contributed by atoms with E-state index in [1.54, 1.807) is 12.1 Å². The second kappa shape index (κ2) is 8.65. The van der Waals surface area contributed by atoms with E-state index in [0.29, 0.717) is 36.8 Å². The number of sulfonamides is 1. The molecule has 0 fully saturated rings. The Morgan fingerprint density at radius 1 is 1.37 bits per heavy atom. The van der Waals surface area contributed by atoms with Crippen LogP contribution in [0.4, 0.5) is 0 Å². The summed E-state index contributed by atoms with van der Waals surface area (Å²) in [6.45, 7) is 3.71. The van der Waals surface area contributed by atoms with Crippen LogP contribution in [0.3, 0.4) is 0 Å². The van der Waals surface area contributed by atoms with Crippen LogP contribution in [0.1, 0.15) is 24.6 Å². The zero-order chi connectivity index (χ0) is 14.1. The van der Waals surface area contributed by atoms with E-state index in [-0.39, 0.29) is 6.61 Å². The Morgan fingerprint density at radius 3 is 2.84 bits per heavy atom. The molecule has 110 valence electrons. The van der Waals surface area contributed by atoms with E-state index in [2.05, 4.69) is 4.72 Å². The molecule has 1 aromatic rings. The summed E-state index contributed by atoms with van der Waals surface area (Å²) in [4.78, 5) is 0.870. The van der Waals surface area contributed by atoms with Crippen molar-refractivity contribution in [2.75, 3.05) is 26.4 Å². The lowest BCUT2D eigenvalue weighted by Gasteiger charge is -2.05. The van der Waals surface area contributed by atoms with Gasteiger partial charge < -0.3 is 9.84 Å². The van der Waals surface area contributed by atoms with Crippen molar-refractivity contribution >= 4 is 21.4 Å². The summed E-state index contributed by atoms with van der Waals surface area (Å²) in [5.74, 6) is 0. The molecule has 0 atom stereocenters. The van der Waals surface area contributed by atoms with Crippen LogP contribution >= 0.6 is 11.3 Å². The van der Waals surface area contributed by atoms with Gasteiger partial charge in [-0.15, -0.1) is 11.3 Å². The summed E-state index contributed by atoms with van der Waals surface area (Å²) < 4.78 is 32.0. The van der Waals surface area contributed by atoms with E-state index in [1.807, 2.05) is 6.92 Å². The molecule has 1 rings (SSSR count). The fraction of sp³-hybridized carbons (Fsp3) is 0.667. The van der Waals surface area contributed by atoms with Gasteiger partial charge in [0, 0.05) is 37.7 Å². The molecular formula is C12H21NO4S2. The highest BCUT2D eigenvalue weighted by atomic mass is 32.2. The van der Waals surface area contributed by atoms with Gasteiger partial charge in [-0.25, -0.2) is 13.1 Å². The van der Waals surface area contributed by atoms with Crippen LogP contribution in [-0.4, -0.2) is 39.9 Å². The molecule has 0 aromatic carbocycles. The van der Waals surface area contributed by atoms with Crippen LogP contribution < -0.4 is 4.72 Å². The predicted octanol–water partition coefficient (Wildman–Crippen LogP) is 1.38. The Labute approximate surface area is 118 Å². The average Bonchev–Trinajstić information content (AvgIpc) is 2.83. The molecule has 0 aliphatic heterocycles. The number of hydrogen-bond donors (Lipinski definition) is 2. The first-order valence-corrected chi connectivity index (χ1v) is 8.67. The van der Waals surface area contributed by atoms with Gasteiger partial charge in [-0.3, -0.25) is 0 Å². The molecule has 0 unspecified atom stereocenters. The molecule has 19 heavy (non-hydrogen) atoms. The maximum absolute atomic E-state index is 11.9. The van der Waals surface area contributed by atoms with Crippen LogP contribution in [0, 0.1) is 0 Å². The van der Waals surface area contributed by atoms with Gasteiger partial charge in [-0.2, -0.15) is 0 Å². The molecule has 5 nitrogen and oxygen atoms in total. The second-order valence-corrected chi connectivity index (χ2v) is 7.22. The van der Waals surface area contributed by atoms with Gasteiger partial charge >= 0.3 is 0 Å². The van der Waals surface area contributed by atoms with E-state index in [1.165, 1.54) is 11.3 Å². The van der Waals surface area contributed by atoms with E-state index in [4.69, 9.17) is 9.84 Å². The van der Waals surface area contributed by atoms with Crippen molar-refractivity contribution in [3.05, 3.63) is 17.0 Å². The smallest absolute Gasteiger partial charge is 0.250 e. The summed E-state index contributed by atoms with van der Waals surface area (Å²) in [5.41, 5.74) is 0. The lowest BCUT2D eigenvalue weighted by Crippen LogP contribution is -2.24. The molecule has 0 radical (unpaired) electrons. The lowest BCUT2D eigenvalue weighted by atomic mass is 10.4. The van der Waals surface area contributed by atoms with Crippen molar-refractivity contribution in [3.63, 3.8) is 0 Å². The van der Waals surface area contributed by atoms with Crippen molar-refractivity contribution in [1.29, 1.82) is 0 Å². The molecule has 0 saturated heterocycles. The van der Waals surface area contributed by atoms with Gasteiger partial charge in [-0.05, 0) is 25.0 Å². The minimum absolute atomic E-state index is 0.0300. The van der Waals surface area contributed by atoms with Crippen molar-refractivity contribution in [3.8, 4) is 0 Å². The van der Waals surface area contributed by atoms with Crippen molar-refractivity contribution in [2.24, 2.45) is 0 Å². The Bertz CT molecular complexity index is 456. The number of aliphatic hydroxyl groups is 1. The Hall–Kier alpha value is -0.470. The summed E-state index contributed by atoms with van der Waals surface area (Å²) in [7, 11) is -3.42. The molecule has 1 heterocycles. The first-order valence-electron chi connectivity index (χ1n) is 6.37. The van der Waals surface area contributed by atoms with Crippen molar-refractivity contribution < 1.29 is 18.3 Å². The Kier molecular flexibility index (Phi) is 7.55. The van der Waals surface area contributed by atoms with Crippen LogP contribution in [0.25, 0.3) is 0 Å². The molecule has 7 heteroatoms. The van der Waals surface area contributed by atoms with Gasteiger partial charge in [-0.1, -0.05) is 6.92 Å². The normalized spacial score (nSPS) is 11.9. The maximum atomic E-state index is 11.9. The highest BCUT2D eigenvalue weighted by molar-refractivity contribution is 7.91. The number of aliphatic hydroxyl groups excluding tert-OH is 1. The number of thiophene rings is 1. The van der Waals surface area contributed by atoms with E-state index < -0.39 is 10.0 Å². The molecule has 0 saturated carbocycles. The first kappa shape index (κ1) is 16.6. The van der Waals surface area contributed by atoms with Gasteiger partial charge in [0.2, 0.25) is 10.0 Å². The van der Waals surface area contributed by atoms with Gasteiger partial charge in [0.25, 0.3) is 0 Å². The number of rotatable bonds is 10. The van der Waals surface area contributed by atoms with E-state index in [0.717, 1.165) is 11.3 Å². The standard InChI is InChI=1S/C12H21NO4S2/c1-2-9-17-10-3-7-13-19(15,16)12-5-4-11(18-12)6-8-14/h4-5,13-14H,2-3,6-10H2,1H3. The SMILES string of the molecule is CCCOCCCNS(=O)(=O)c1ccc(CCO)s1. The summed E-state index contributed by atoms with van der Waals surface area (Å²) in [6, 6.07) is 3.31. The topological polar surface area (TPSA) is 75.6 Å². The highest BCUT2D eigenvalue weighted by Crippen LogP contribution is 2.21. The zero-order valence-electron chi connectivity index (χ0n) is 11.1. The number of ether oxygens (including phenoxy) is 1. The summed E-state index contributed by atoms with van der Waals surface area (Å²) >= 11 is 1.19. The maximum Gasteiger partial charge on any atom is 0.250 e. The number of hydrogen-bond acceptors (Lipinski definition) is 5. The minimum Gasteiger partial charge on any atom is -0.396 e. The van der Waals surface area contributed by atoms with Crippen molar-refractivity contribution in [2.45, 2.75) is 30.4 Å². The molecule has 0 bridgehead atoms. The Morgan fingerprint density at radius 2 is 2.16 bits per heavy atom. The van der Waals surface area contributed by atoms with E-state index >= 15 is 0 Å². The zero-order valence-corrected chi connectivity index (χ0v) is 12.7. The minimum atomic E-state index is -3.42. The monoisotopic (exact) mass is 307 g/mol. The fourth-order valence-electron chi connectivity index (χ4n) is 1.45. The average molecular weight is 307 g/mol. The van der Waals surface area contributed by atoms with Crippen LogP contribution in [0.5, 0.6) is 0 Å². The summed E-state index contributed by atoms with van der Waals surface area (Å²) in [5, 5.41) is 8.80. The lowest BCUT2D eigenvalue weighted by molar-refractivity contribution is 0.133. The first-order chi connectivity index (χ1) is 9.10. The molecular weight excluding hydrogens is 286 g/mol. The van der Waals surface area contributed by atoms with Crippen LogP contribution in [0.15, 0.2) is 16.3 Å². The molecule has 0 aliphatic rings. The van der Waals surface area contributed by atoms with Gasteiger partial charge in [0.05, 0.1) is 0 Å². The molecule has 0 amide bonds. The van der Waals surface area contributed by atoms with E-state index in [9.17, 15) is 8.42 Å². The molecule has 2 N–H and O–H groups in total. The third-order valence-corrected chi connectivity index (χ3v) is 5.46. The molecule has 0 spiro atoms. The molecule has 1 aromatic heterocycles. The predicted molar refractivity (Wildman–Crippen MR) is 76.0 cm³/mol. The number of nitrogens with one attached hydrogen (secondary N) is 1. The molecule has 0 aliphatic carbocycles. The van der Waals surface area contributed by atoms with Gasteiger partial charge in [0.1, 0.15) is 4.21 Å². The highest BCUT2D eigenvalue weighted by Gasteiger charge is 2.15. The Balaban J connectivity index is 2.38. The largest absolute Gasteiger partial charge is 0.396 e. The third kappa shape index (κ3) is 6.01. The quantitative estimate of drug-likeness (QED) is 0.640. The van der Waals surface area contributed by atoms with Crippen molar-refractivity contribution in [1.82, 2.24) is 4.72 Å². The van der Waals surface area contributed by atoms with Gasteiger partial charge in [0.15, 0.2) is 0 Å². The fourth-order valence-corrected chi connectivity index (χ4v) is 3.91. The van der Waals surface area contributed by atoms with Crippen LogP contribution in [-0.2, 0) is 21.2 Å². The summed E-state index contributed by atoms with van der Waals surface area (Å²) in [6.07, 6.45) is 2.12.